The number of hydrogen-bond donors (Lipinski definition) is 3. The van der Waals surface area contributed by atoms with Gasteiger partial charge in [0.2, 0.25) is 5.91 Å². The van der Waals surface area contributed by atoms with Crippen molar-refractivity contribution in [2.45, 2.75) is 39.0 Å². The number of aliphatic imine (C=N–C) groups is 1. The standard InChI is InChI=1S/C20H33N5O2.HI/c1-4-21-20(23-14-19(27)24(2)3)22-13-16-5-7-17(8-6-16)15-25-11-9-18(26)10-12-25;/h5-8,18,26H,4,9-15H2,1-3H3,(H2,21,22,23);1H. The zero-order valence-corrected chi connectivity index (χ0v) is 19.5. The summed E-state index contributed by atoms with van der Waals surface area (Å²) in [6.45, 7) is 6.36. The zero-order valence-electron chi connectivity index (χ0n) is 17.1. The normalized spacial score (nSPS) is 15.6. The van der Waals surface area contributed by atoms with E-state index in [0.717, 1.165) is 44.6 Å². The van der Waals surface area contributed by atoms with Crippen molar-refractivity contribution in [3.63, 3.8) is 0 Å². The van der Waals surface area contributed by atoms with Crippen LogP contribution in [0.1, 0.15) is 30.9 Å². The van der Waals surface area contributed by atoms with Gasteiger partial charge in [-0.3, -0.25) is 9.69 Å². The molecule has 1 fully saturated rings. The van der Waals surface area contributed by atoms with Gasteiger partial charge in [0, 0.05) is 40.3 Å². The minimum absolute atomic E-state index is 0. The maximum atomic E-state index is 11.7. The molecule has 0 aromatic heterocycles. The molecule has 28 heavy (non-hydrogen) atoms. The van der Waals surface area contributed by atoms with Crippen molar-refractivity contribution < 1.29 is 9.90 Å². The molecule has 8 heteroatoms. The highest BCUT2D eigenvalue weighted by Gasteiger charge is 2.16. The fraction of sp³-hybridized carbons (Fsp3) is 0.600. The third kappa shape index (κ3) is 8.74. The molecular weight excluding hydrogens is 469 g/mol. The molecule has 158 valence electrons. The van der Waals surface area contributed by atoms with Crippen molar-refractivity contribution in [3.8, 4) is 0 Å². The number of aliphatic hydroxyl groups is 1. The van der Waals surface area contributed by atoms with Crippen LogP contribution >= 0.6 is 24.0 Å². The molecule has 0 atom stereocenters. The molecule has 0 unspecified atom stereocenters. The van der Waals surface area contributed by atoms with Crippen LogP contribution in [0.15, 0.2) is 29.3 Å². The Morgan fingerprint density at radius 2 is 1.79 bits per heavy atom. The predicted molar refractivity (Wildman–Crippen MR) is 124 cm³/mol. The summed E-state index contributed by atoms with van der Waals surface area (Å²) in [5.74, 6) is 0.652. The number of rotatable bonds is 7. The van der Waals surface area contributed by atoms with Gasteiger partial charge in [0.25, 0.3) is 0 Å². The molecule has 0 bridgehead atoms. The van der Waals surface area contributed by atoms with E-state index in [1.807, 2.05) is 6.92 Å². The first kappa shape index (κ1) is 24.6. The summed E-state index contributed by atoms with van der Waals surface area (Å²) in [6.07, 6.45) is 1.60. The van der Waals surface area contributed by atoms with Crippen LogP contribution < -0.4 is 10.6 Å². The minimum atomic E-state index is -0.131. The number of carbonyl (C=O) groups is 1. The Bertz CT molecular complexity index is 614. The second-order valence-electron chi connectivity index (χ2n) is 7.16. The van der Waals surface area contributed by atoms with Gasteiger partial charge >= 0.3 is 0 Å². The average Bonchev–Trinajstić information content (AvgIpc) is 2.66. The molecule has 7 nitrogen and oxygen atoms in total. The minimum Gasteiger partial charge on any atom is -0.393 e. The largest absolute Gasteiger partial charge is 0.393 e. The molecule has 3 N–H and O–H groups in total. The topological polar surface area (TPSA) is 80.2 Å². The van der Waals surface area contributed by atoms with Gasteiger partial charge in [-0.25, -0.2) is 4.99 Å². The van der Waals surface area contributed by atoms with Crippen LogP contribution in [0.2, 0.25) is 0 Å². The maximum absolute atomic E-state index is 11.7. The number of nitrogens with zero attached hydrogens (tertiary/aromatic N) is 3. The molecule has 0 saturated carbocycles. The van der Waals surface area contributed by atoms with E-state index in [-0.39, 0.29) is 42.5 Å². The van der Waals surface area contributed by atoms with Gasteiger partial charge in [-0.1, -0.05) is 24.3 Å². The lowest BCUT2D eigenvalue weighted by molar-refractivity contribution is -0.127. The van der Waals surface area contributed by atoms with Crippen molar-refractivity contribution in [2.24, 2.45) is 4.99 Å². The van der Waals surface area contributed by atoms with Crippen LogP contribution in [-0.2, 0) is 17.9 Å². The number of likely N-dealkylation sites (tertiary alicyclic amines) is 1. The highest BCUT2D eigenvalue weighted by Crippen LogP contribution is 2.14. The maximum Gasteiger partial charge on any atom is 0.241 e. The summed E-state index contributed by atoms with van der Waals surface area (Å²) < 4.78 is 0. The van der Waals surface area contributed by atoms with Crippen molar-refractivity contribution >= 4 is 35.8 Å². The first-order chi connectivity index (χ1) is 13.0. The Hall–Kier alpha value is -1.39. The van der Waals surface area contributed by atoms with Gasteiger partial charge in [-0.2, -0.15) is 0 Å². The third-order valence-corrected chi connectivity index (χ3v) is 4.66. The summed E-state index contributed by atoms with van der Waals surface area (Å²) in [5.41, 5.74) is 2.41. The Balaban J connectivity index is 0.00000392. The smallest absolute Gasteiger partial charge is 0.241 e. The summed E-state index contributed by atoms with van der Waals surface area (Å²) in [6, 6.07) is 8.50. The molecule has 1 aliphatic rings. The molecule has 1 aliphatic heterocycles. The number of carbonyl (C=O) groups excluding carboxylic acids is 1. The van der Waals surface area contributed by atoms with E-state index in [9.17, 15) is 9.90 Å². The van der Waals surface area contributed by atoms with Crippen molar-refractivity contribution in [3.05, 3.63) is 35.4 Å². The number of benzene rings is 1. The first-order valence-electron chi connectivity index (χ1n) is 9.68. The van der Waals surface area contributed by atoms with E-state index in [1.54, 1.807) is 19.0 Å². The monoisotopic (exact) mass is 503 g/mol. The van der Waals surface area contributed by atoms with Crippen LogP contribution in [0.4, 0.5) is 0 Å². The average molecular weight is 503 g/mol. The number of nitrogens with one attached hydrogen (secondary N) is 2. The lowest BCUT2D eigenvalue weighted by Gasteiger charge is -2.29. The van der Waals surface area contributed by atoms with Crippen LogP contribution in [0.5, 0.6) is 0 Å². The van der Waals surface area contributed by atoms with E-state index in [2.05, 4.69) is 44.8 Å². The molecular formula is C20H34IN5O2. The Labute approximate surface area is 185 Å². The molecule has 2 rings (SSSR count). The second kappa shape index (κ2) is 12.9. The molecule has 1 heterocycles. The number of guanidine groups is 1. The molecule has 0 spiro atoms. The highest BCUT2D eigenvalue weighted by molar-refractivity contribution is 14.0. The molecule has 0 aliphatic carbocycles. The number of halogens is 1. The fourth-order valence-electron chi connectivity index (χ4n) is 2.92. The van der Waals surface area contributed by atoms with Crippen LogP contribution in [0.25, 0.3) is 0 Å². The SMILES string of the molecule is CCNC(=NCc1ccc(CN2CCC(O)CC2)cc1)NCC(=O)N(C)C.I. The van der Waals surface area contributed by atoms with Gasteiger partial charge in [0.1, 0.15) is 0 Å². The lowest BCUT2D eigenvalue weighted by atomic mass is 10.1. The summed E-state index contributed by atoms with van der Waals surface area (Å²) >= 11 is 0. The molecule has 1 amide bonds. The molecule has 1 aromatic carbocycles. The summed E-state index contributed by atoms with van der Waals surface area (Å²) in [4.78, 5) is 20.2. The quantitative estimate of drug-likeness (QED) is 0.298. The van der Waals surface area contributed by atoms with Gasteiger partial charge in [0.15, 0.2) is 5.96 Å². The van der Waals surface area contributed by atoms with Gasteiger partial charge in [-0.05, 0) is 30.9 Å². The van der Waals surface area contributed by atoms with Gasteiger partial charge in [0.05, 0.1) is 19.2 Å². The number of piperidine rings is 1. The van der Waals surface area contributed by atoms with Crippen molar-refractivity contribution in [1.29, 1.82) is 0 Å². The number of amides is 1. The highest BCUT2D eigenvalue weighted by atomic mass is 127. The van der Waals surface area contributed by atoms with Crippen molar-refractivity contribution in [2.75, 3.05) is 40.3 Å². The van der Waals surface area contributed by atoms with Crippen LogP contribution in [0.3, 0.4) is 0 Å². The number of aliphatic hydroxyl groups excluding tert-OH is 1. The molecule has 1 saturated heterocycles. The van der Waals surface area contributed by atoms with Crippen LogP contribution in [0, 0.1) is 0 Å². The van der Waals surface area contributed by atoms with Crippen molar-refractivity contribution in [1.82, 2.24) is 20.4 Å². The number of likely N-dealkylation sites (N-methyl/N-ethyl adjacent to an activating group) is 1. The Morgan fingerprint density at radius 3 is 2.36 bits per heavy atom. The number of hydrogen-bond acceptors (Lipinski definition) is 4. The second-order valence-corrected chi connectivity index (χ2v) is 7.16. The molecule has 1 aromatic rings. The van der Waals surface area contributed by atoms with Gasteiger partial charge in [-0.15, -0.1) is 24.0 Å². The third-order valence-electron chi connectivity index (χ3n) is 4.66. The van der Waals surface area contributed by atoms with E-state index in [0.29, 0.717) is 12.5 Å². The predicted octanol–water partition coefficient (Wildman–Crippen LogP) is 1.40. The zero-order chi connectivity index (χ0) is 19.6. The van der Waals surface area contributed by atoms with Gasteiger partial charge < -0.3 is 20.6 Å². The first-order valence-corrected chi connectivity index (χ1v) is 9.68. The Morgan fingerprint density at radius 1 is 1.18 bits per heavy atom. The van der Waals surface area contributed by atoms with E-state index in [1.165, 1.54) is 5.56 Å². The van der Waals surface area contributed by atoms with E-state index < -0.39 is 0 Å². The fourth-order valence-corrected chi connectivity index (χ4v) is 2.92. The van der Waals surface area contributed by atoms with E-state index >= 15 is 0 Å². The van der Waals surface area contributed by atoms with E-state index in [4.69, 9.17) is 0 Å². The Kier molecular flexibility index (Phi) is 11.4. The summed E-state index contributed by atoms with van der Waals surface area (Å²) in [5, 5.41) is 15.8. The molecule has 0 radical (unpaired) electrons. The summed E-state index contributed by atoms with van der Waals surface area (Å²) in [7, 11) is 3.48. The lowest BCUT2D eigenvalue weighted by Crippen LogP contribution is -2.42. The van der Waals surface area contributed by atoms with Crippen LogP contribution in [-0.4, -0.2) is 73.2 Å².